The topological polar surface area (TPSA) is 66.0 Å². The zero-order chi connectivity index (χ0) is 18.1. The van der Waals surface area contributed by atoms with Gasteiger partial charge in [-0.2, -0.15) is 11.8 Å². The number of methoxy groups -OCH3 is 1. The number of aliphatic imine (C=N–C) groups is 1. The molecule has 1 fully saturated rings. The van der Waals surface area contributed by atoms with Crippen LogP contribution in [0.4, 0.5) is 0 Å². The highest BCUT2D eigenvalue weighted by molar-refractivity contribution is 8.00. The maximum Gasteiger partial charge on any atom is 0.251 e. The molecule has 2 rings (SSSR count). The summed E-state index contributed by atoms with van der Waals surface area (Å²) in [5, 5.41) is 6.93. The zero-order valence-electron chi connectivity index (χ0n) is 15.2. The third kappa shape index (κ3) is 5.85. The van der Waals surface area contributed by atoms with Crippen LogP contribution in [0.15, 0.2) is 29.3 Å². The minimum atomic E-state index is -0.0835. The van der Waals surface area contributed by atoms with Crippen molar-refractivity contribution in [3.63, 3.8) is 0 Å². The third-order valence-electron chi connectivity index (χ3n) is 4.15. The molecule has 138 valence electrons. The fourth-order valence-electron chi connectivity index (χ4n) is 2.69. The van der Waals surface area contributed by atoms with Gasteiger partial charge in [-0.25, -0.2) is 0 Å². The Kier molecular flexibility index (Phi) is 7.91. The molecule has 1 heterocycles. The van der Waals surface area contributed by atoms with Gasteiger partial charge in [0.05, 0.1) is 7.11 Å². The molecule has 0 aromatic heterocycles. The second kappa shape index (κ2) is 10.2. The summed E-state index contributed by atoms with van der Waals surface area (Å²) in [7, 11) is 3.42. The maximum atomic E-state index is 12.1. The van der Waals surface area contributed by atoms with Gasteiger partial charge in [0.25, 0.3) is 5.91 Å². The molecule has 1 saturated heterocycles. The van der Waals surface area contributed by atoms with E-state index in [0.717, 1.165) is 30.6 Å². The van der Waals surface area contributed by atoms with E-state index in [1.165, 1.54) is 6.42 Å². The van der Waals surface area contributed by atoms with E-state index in [2.05, 4.69) is 27.4 Å². The van der Waals surface area contributed by atoms with Crippen molar-refractivity contribution in [2.75, 3.05) is 46.1 Å². The van der Waals surface area contributed by atoms with Crippen molar-refractivity contribution >= 4 is 23.6 Å². The zero-order valence-corrected chi connectivity index (χ0v) is 16.1. The first kappa shape index (κ1) is 19.4. The number of ether oxygens (including phenoxy) is 1. The normalized spacial score (nSPS) is 18.0. The van der Waals surface area contributed by atoms with E-state index in [0.29, 0.717) is 23.9 Å². The number of nitrogens with zero attached hydrogens (tertiary/aromatic N) is 2. The second-order valence-corrected chi connectivity index (χ2v) is 7.21. The highest BCUT2D eigenvalue weighted by Gasteiger charge is 2.21. The van der Waals surface area contributed by atoms with Gasteiger partial charge in [0, 0.05) is 49.8 Å². The molecule has 1 aromatic carbocycles. The molecule has 1 aromatic rings. The van der Waals surface area contributed by atoms with Crippen LogP contribution in [0, 0.1) is 0 Å². The fraction of sp³-hybridized carbons (Fsp3) is 0.556. The lowest BCUT2D eigenvalue weighted by Gasteiger charge is -2.34. The van der Waals surface area contributed by atoms with Crippen LogP contribution in [0.3, 0.4) is 0 Å². The Balaban J connectivity index is 1.74. The van der Waals surface area contributed by atoms with Crippen LogP contribution in [-0.4, -0.2) is 68.1 Å². The van der Waals surface area contributed by atoms with Gasteiger partial charge >= 0.3 is 0 Å². The van der Waals surface area contributed by atoms with Gasteiger partial charge in [0.2, 0.25) is 0 Å². The first-order valence-corrected chi connectivity index (χ1v) is 9.72. The van der Waals surface area contributed by atoms with Crippen LogP contribution >= 0.6 is 11.8 Å². The van der Waals surface area contributed by atoms with Crippen molar-refractivity contribution in [3.05, 3.63) is 29.8 Å². The predicted molar refractivity (Wildman–Crippen MR) is 105 cm³/mol. The molecule has 2 N–H and O–H groups in total. The smallest absolute Gasteiger partial charge is 0.251 e. The van der Waals surface area contributed by atoms with Crippen LogP contribution < -0.4 is 15.4 Å². The Bertz CT molecular complexity index is 577. The molecule has 1 atom stereocenters. The lowest BCUT2D eigenvalue weighted by molar-refractivity contribution is 0.0954. The molecule has 1 aliphatic rings. The molecule has 6 nitrogen and oxygen atoms in total. The van der Waals surface area contributed by atoms with E-state index in [1.807, 2.05) is 11.8 Å². The van der Waals surface area contributed by atoms with Crippen molar-refractivity contribution < 1.29 is 9.53 Å². The number of hydrogen-bond donors (Lipinski definition) is 2. The van der Waals surface area contributed by atoms with Crippen molar-refractivity contribution in [3.8, 4) is 5.75 Å². The number of guanidine groups is 1. The van der Waals surface area contributed by atoms with E-state index in [9.17, 15) is 4.79 Å². The molecule has 0 radical (unpaired) electrons. The van der Waals surface area contributed by atoms with E-state index >= 15 is 0 Å². The Hall–Kier alpha value is -1.89. The average molecular weight is 365 g/mol. The monoisotopic (exact) mass is 364 g/mol. The highest BCUT2D eigenvalue weighted by Crippen LogP contribution is 2.20. The standard InChI is InChI=1S/C18H28N4O2S/c1-4-16-13-22(11-12-25-16)18(19-2)21-10-9-20-17(23)14-5-7-15(24-3)8-6-14/h5-8,16H,4,9-13H2,1-3H3,(H,19,21)(H,20,23). The van der Waals surface area contributed by atoms with Gasteiger partial charge in [0.15, 0.2) is 5.96 Å². The molecule has 25 heavy (non-hydrogen) atoms. The molecule has 0 saturated carbocycles. The van der Waals surface area contributed by atoms with E-state index in [1.54, 1.807) is 38.4 Å². The lowest BCUT2D eigenvalue weighted by atomic mass is 10.2. The van der Waals surface area contributed by atoms with Crippen LogP contribution in [0.25, 0.3) is 0 Å². The maximum absolute atomic E-state index is 12.1. The Morgan fingerprint density at radius 1 is 1.32 bits per heavy atom. The van der Waals surface area contributed by atoms with Gasteiger partial charge in [-0.15, -0.1) is 0 Å². The summed E-state index contributed by atoms with van der Waals surface area (Å²) in [6, 6.07) is 7.09. The van der Waals surface area contributed by atoms with Crippen LogP contribution in [0.1, 0.15) is 23.7 Å². The third-order valence-corrected chi connectivity index (χ3v) is 5.52. The number of nitrogens with one attached hydrogen (secondary N) is 2. The Labute approximate surface area is 154 Å². The van der Waals surface area contributed by atoms with Gasteiger partial charge < -0.3 is 20.3 Å². The first-order valence-electron chi connectivity index (χ1n) is 8.67. The number of amides is 1. The number of thioether (sulfide) groups is 1. The molecule has 1 unspecified atom stereocenters. The van der Waals surface area contributed by atoms with Crippen molar-refractivity contribution in [1.29, 1.82) is 0 Å². The molecule has 1 aliphatic heterocycles. The molecule has 0 spiro atoms. The number of carbonyl (C=O) groups excluding carboxylic acids is 1. The molecule has 0 bridgehead atoms. The fourth-order valence-corrected chi connectivity index (χ4v) is 3.87. The van der Waals surface area contributed by atoms with E-state index < -0.39 is 0 Å². The number of rotatable bonds is 6. The highest BCUT2D eigenvalue weighted by atomic mass is 32.2. The van der Waals surface area contributed by atoms with Crippen molar-refractivity contribution in [2.45, 2.75) is 18.6 Å². The lowest BCUT2D eigenvalue weighted by Crippen LogP contribution is -2.49. The van der Waals surface area contributed by atoms with Gasteiger partial charge in [-0.3, -0.25) is 9.79 Å². The van der Waals surface area contributed by atoms with Crippen molar-refractivity contribution in [1.82, 2.24) is 15.5 Å². The minimum Gasteiger partial charge on any atom is -0.497 e. The Morgan fingerprint density at radius 3 is 2.68 bits per heavy atom. The molecular formula is C18H28N4O2S. The van der Waals surface area contributed by atoms with Gasteiger partial charge in [-0.1, -0.05) is 6.92 Å². The number of benzene rings is 1. The molecular weight excluding hydrogens is 336 g/mol. The van der Waals surface area contributed by atoms with E-state index in [-0.39, 0.29) is 5.91 Å². The minimum absolute atomic E-state index is 0.0835. The molecule has 7 heteroatoms. The second-order valence-electron chi connectivity index (χ2n) is 5.81. The summed E-state index contributed by atoms with van der Waals surface area (Å²) in [6.07, 6.45) is 1.18. The first-order chi connectivity index (χ1) is 12.2. The van der Waals surface area contributed by atoms with Crippen LogP contribution in [-0.2, 0) is 0 Å². The summed E-state index contributed by atoms with van der Waals surface area (Å²) in [5.74, 6) is 2.71. The largest absolute Gasteiger partial charge is 0.497 e. The van der Waals surface area contributed by atoms with E-state index in [4.69, 9.17) is 4.74 Å². The summed E-state index contributed by atoms with van der Waals surface area (Å²) in [6.45, 7) is 5.46. The number of hydrogen-bond acceptors (Lipinski definition) is 4. The number of carbonyl (C=O) groups is 1. The van der Waals surface area contributed by atoms with Crippen molar-refractivity contribution in [2.24, 2.45) is 4.99 Å². The summed E-state index contributed by atoms with van der Waals surface area (Å²) >= 11 is 2.04. The quantitative estimate of drug-likeness (QED) is 0.458. The predicted octanol–water partition coefficient (Wildman–Crippen LogP) is 1.83. The van der Waals surface area contributed by atoms with Crippen LogP contribution in [0.5, 0.6) is 5.75 Å². The van der Waals surface area contributed by atoms with Gasteiger partial charge in [-0.05, 0) is 30.7 Å². The summed E-state index contributed by atoms with van der Waals surface area (Å²) in [4.78, 5) is 18.8. The molecule has 0 aliphatic carbocycles. The Morgan fingerprint density at radius 2 is 2.04 bits per heavy atom. The summed E-state index contributed by atoms with van der Waals surface area (Å²) in [5.41, 5.74) is 0.629. The SMILES string of the molecule is CCC1CN(C(=NC)NCCNC(=O)c2ccc(OC)cc2)CCS1. The summed E-state index contributed by atoms with van der Waals surface area (Å²) < 4.78 is 5.10. The van der Waals surface area contributed by atoms with Gasteiger partial charge in [0.1, 0.15) is 5.75 Å². The van der Waals surface area contributed by atoms with Crippen LogP contribution in [0.2, 0.25) is 0 Å². The average Bonchev–Trinajstić information content (AvgIpc) is 2.68. The molecule has 1 amide bonds.